The van der Waals surface area contributed by atoms with Crippen molar-refractivity contribution >= 4 is 21.5 Å². The van der Waals surface area contributed by atoms with Crippen molar-refractivity contribution in [3.8, 4) is 0 Å². The van der Waals surface area contributed by atoms with Gasteiger partial charge in [-0.15, -0.1) is 0 Å². The number of benzene rings is 2. The largest absolute Gasteiger partial charge is 0.371 e. The number of piperidine rings is 1. The smallest absolute Gasteiger partial charge is 0.243 e. The minimum atomic E-state index is -3.68. The van der Waals surface area contributed by atoms with Crippen LogP contribution >= 0.6 is 0 Å². The Morgan fingerprint density at radius 1 is 1.04 bits per heavy atom. The van der Waals surface area contributed by atoms with Crippen LogP contribution in [-0.2, 0) is 16.6 Å². The van der Waals surface area contributed by atoms with E-state index < -0.39 is 10.0 Å². The fourth-order valence-corrected chi connectivity index (χ4v) is 4.66. The lowest BCUT2D eigenvalue weighted by Crippen LogP contribution is -2.32. The highest BCUT2D eigenvalue weighted by Crippen LogP contribution is 2.27. The molecule has 0 aliphatic carbocycles. The van der Waals surface area contributed by atoms with Crippen molar-refractivity contribution in [2.75, 3.05) is 25.0 Å². The quantitative estimate of drug-likeness (QED) is 0.711. The van der Waals surface area contributed by atoms with E-state index >= 15 is 0 Å². The van der Waals surface area contributed by atoms with Gasteiger partial charge in [0.2, 0.25) is 10.0 Å². The van der Waals surface area contributed by atoms with E-state index in [1.165, 1.54) is 42.6 Å². The van der Waals surface area contributed by atoms with E-state index in [9.17, 15) is 13.2 Å². The van der Waals surface area contributed by atoms with Crippen molar-refractivity contribution in [2.45, 2.75) is 37.6 Å². The number of ketones is 1. The van der Waals surface area contributed by atoms with Gasteiger partial charge in [-0.25, -0.2) is 8.42 Å². The van der Waals surface area contributed by atoms with Crippen LogP contribution in [-0.4, -0.2) is 38.6 Å². The van der Waals surface area contributed by atoms with E-state index in [1.54, 1.807) is 19.2 Å². The molecular weight excluding hydrogens is 360 g/mol. The zero-order valence-electron chi connectivity index (χ0n) is 15.9. The first-order chi connectivity index (χ1) is 12.9. The van der Waals surface area contributed by atoms with Gasteiger partial charge in [0.05, 0.1) is 4.90 Å². The maximum absolute atomic E-state index is 13.0. The van der Waals surface area contributed by atoms with Crippen molar-refractivity contribution in [1.29, 1.82) is 0 Å². The maximum Gasteiger partial charge on any atom is 0.243 e. The molecule has 0 atom stereocenters. The summed E-state index contributed by atoms with van der Waals surface area (Å²) in [5.41, 5.74) is 2.50. The number of Topliss-reactive ketones (excluding diaryl/α,β-unsaturated/α-hetero) is 1. The van der Waals surface area contributed by atoms with E-state index in [1.807, 2.05) is 18.2 Å². The fraction of sp³-hybridized carbons (Fsp3) is 0.381. The molecule has 5 nitrogen and oxygen atoms in total. The third-order valence-electron chi connectivity index (χ3n) is 5.03. The van der Waals surface area contributed by atoms with Crippen LogP contribution in [0.4, 0.5) is 5.69 Å². The number of carbonyl (C=O) groups is 1. The molecule has 0 spiro atoms. The number of para-hydroxylation sites is 1. The Kier molecular flexibility index (Phi) is 5.97. The zero-order chi connectivity index (χ0) is 19.4. The number of hydrogen-bond acceptors (Lipinski definition) is 4. The lowest BCUT2D eigenvalue weighted by atomic mass is 10.1. The number of rotatable bonds is 6. The predicted octanol–water partition coefficient (Wildman–Crippen LogP) is 3.70. The normalized spacial score (nSPS) is 15.1. The Labute approximate surface area is 161 Å². The summed E-state index contributed by atoms with van der Waals surface area (Å²) in [5, 5.41) is 0. The molecule has 0 aromatic heterocycles. The predicted molar refractivity (Wildman–Crippen MR) is 108 cm³/mol. The molecule has 0 unspecified atom stereocenters. The van der Waals surface area contributed by atoms with Gasteiger partial charge in [0, 0.05) is 37.9 Å². The van der Waals surface area contributed by atoms with Crippen molar-refractivity contribution in [2.24, 2.45) is 0 Å². The molecule has 27 heavy (non-hydrogen) atoms. The van der Waals surface area contributed by atoms with Crippen LogP contribution in [0.5, 0.6) is 0 Å². The molecule has 1 saturated heterocycles. The van der Waals surface area contributed by atoms with Gasteiger partial charge >= 0.3 is 0 Å². The summed E-state index contributed by atoms with van der Waals surface area (Å²) in [5.74, 6) is -0.148. The van der Waals surface area contributed by atoms with E-state index in [4.69, 9.17) is 0 Å². The average molecular weight is 387 g/mol. The fourth-order valence-electron chi connectivity index (χ4n) is 3.47. The van der Waals surface area contributed by atoms with E-state index in [-0.39, 0.29) is 10.7 Å². The summed E-state index contributed by atoms with van der Waals surface area (Å²) in [6.45, 7) is 3.74. The molecule has 1 heterocycles. The number of sulfonamides is 1. The highest BCUT2D eigenvalue weighted by Gasteiger charge is 2.23. The Morgan fingerprint density at radius 2 is 1.74 bits per heavy atom. The minimum Gasteiger partial charge on any atom is -0.371 e. The van der Waals surface area contributed by atoms with Gasteiger partial charge in [0.1, 0.15) is 0 Å². The van der Waals surface area contributed by atoms with Crippen LogP contribution in [0.2, 0.25) is 0 Å². The topological polar surface area (TPSA) is 57.7 Å². The van der Waals surface area contributed by atoms with Gasteiger partial charge in [0.15, 0.2) is 5.78 Å². The second-order valence-corrected chi connectivity index (χ2v) is 9.07. The molecule has 144 valence electrons. The Bertz CT molecular complexity index is 919. The van der Waals surface area contributed by atoms with Gasteiger partial charge in [-0.05, 0) is 49.9 Å². The molecule has 0 radical (unpaired) electrons. The van der Waals surface area contributed by atoms with E-state index in [0.717, 1.165) is 24.3 Å². The van der Waals surface area contributed by atoms with Crippen molar-refractivity contribution in [1.82, 2.24) is 4.31 Å². The van der Waals surface area contributed by atoms with Crippen LogP contribution in [0.1, 0.15) is 42.1 Å². The van der Waals surface area contributed by atoms with Crippen molar-refractivity contribution in [3.63, 3.8) is 0 Å². The third-order valence-corrected chi connectivity index (χ3v) is 6.83. The summed E-state index contributed by atoms with van der Waals surface area (Å²) in [7, 11) is -2.09. The van der Waals surface area contributed by atoms with Crippen LogP contribution in [0, 0.1) is 0 Å². The minimum absolute atomic E-state index is 0.146. The first-order valence-corrected chi connectivity index (χ1v) is 10.7. The van der Waals surface area contributed by atoms with Crippen molar-refractivity contribution in [3.05, 3.63) is 59.7 Å². The van der Waals surface area contributed by atoms with Crippen LogP contribution in [0.15, 0.2) is 53.4 Å². The maximum atomic E-state index is 13.0. The summed E-state index contributed by atoms with van der Waals surface area (Å²) >= 11 is 0. The number of hydrogen-bond donors (Lipinski definition) is 0. The van der Waals surface area contributed by atoms with E-state index in [0.29, 0.717) is 12.1 Å². The Hall–Kier alpha value is -2.18. The number of nitrogens with zero attached hydrogens (tertiary/aromatic N) is 2. The van der Waals surface area contributed by atoms with Gasteiger partial charge in [0.25, 0.3) is 0 Å². The molecule has 0 N–H and O–H groups in total. The molecule has 1 aliphatic heterocycles. The van der Waals surface area contributed by atoms with Crippen molar-refractivity contribution < 1.29 is 13.2 Å². The summed E-state index contributed by atoms with van der Waals surface area (Å²) in [6.07, 6.45) is 3.58. The van der Waals surface area contributed by atoms with Crippen LogP contribution in [0.3, 0.4) is 0 Å². The Morgan fingerprint density at radius 3 is 2.44 bits per heavy atom. The number of anilines is 1. The van der Waals surface area contributed by atoms with Gasteiger partial charge in [-0.1, -0.05) is 30.3 Å². The molecule has 2 aromatic rings. The average Bonchev–Trinajstić information content (AvgIpc) is 2.69. The zero-order valence-corrected chi connectivity index (χ0v) is 16.7. The van der Waals surface area contributed by atoms with Gasteiger partial charge in [-0.3, -0.25) is 4.79 Å². The lowest BCUT2D eigenvalue weighted by Gasteiger charge is -2.31. The molecule has 0 bridgehead atoms. The lowest BCUT2D eigenvalue weighted by molar-refractivity contribution is 0.101. The summed E-state index contributed by atoms with van der Waals surface area (Å²) in [4.78, 5) is 14.1. The molecule has 1 fully saturated rings. The third kappa shape index (κ3) is 4.39. The highest BCUT2D eigenvalue weighted by molar-refractivity contribution is 7.89. The van der Waals surface area contributed by atoms with Gasteiger partial charge < -0.3 is 4.90 Å². The molecule has 1 aliphatic rings. The SMILES string of the molecule is CC(=O)c1cccc(S(=O)(=O)N(C)Cc2ccccc2N2CCCCC2)c1. The molecule has 2 aromatic carbocycles. The summed E-state index contributed by atoms with van der Waals surface area (Å²) in [6, 6.07) is 14.2. The first-order valence-electron chi connectivity index (χ1n) is 9.30. The standard InChI is InChI=1S/C21H26N2O3S/c1-17(24)18-10-8-11-20(15-18)27(25,26)22(2)16-19-9-4-5-12-21(19)23-13-6-3-7-14-23/h4-5,8-12,15H,3,6-7,13-14,16H2,1-2H3. The number of carbonyl (C=O) groups excluding carboxylic acids is 1. The molecule has 0 saturated carbocycles. The van der Waals surface area contributed by atoms with Crippen LogP contribution in [0.25, 0.3) is 0 Å². The molecular formula is C21H26N2O3S. The van der Waals surface area contributed by atoms with Gasteiger partial charge in [-0.2, -0.15) is 4.31 Å². The first kappa shape index (κ1) is 19.6. The Balaban J connectivity index is 1.85. The monoisotopic (exact) mass is 386 g/mol. The molecule has 6 heteroatoms. The second-order valence-electron chi connectivity index (χ2n) is 7.02. The van der Waals surface area contributed by atoms with Crippen LogP contribution < -0.4 is 4.90 Å². The van der Waals surface area contributed by atoms with E-state index in [2.05, 4.69) is 11.0 Å². The summed E-state index contributed by atoms with van der Waals surface area (Å²) < 4.78 is 27.4. The highest BCUT2D eigenvalue weighted by atomic mass is 32.2. The molecule has 0 amide bonds. The molecule has 3 rings (SSSR count). The second kappa shape index (κ2) is 8.23.